The molecule has 0 fully saturated rings. The van der Waals surface area contributed by atoms with Crippen LogP contribution in [0.25, 0.3) is 16.7 Å². The number of allylic oxidation sites excluding steroid dienone is 1. The second-order valence-electron chi connectivity index (χ2n) is 7.94. The normalized spacial score (nSPS) is 14.5. The van der Waals surface area contributed by atoms with E-state index in [1.165, 1.54) is 19.2 Å². The molecule has 29 heavy (non-hydrogen) atoms. The van der Waals surface area contributed by atoms with Gasteiger partial charge < -0.3 is 14.8 Å². The number of benzene rings is 2. The van der Waals surface area contributed by atoms with Crippen LogP contribution >= 0.6 is 0 Å². The van der Waals surface area contributed by atoms with E-state index >= 15 is 0 Å². The predicted molar refractivity (Wildman–Crippen MR) is 114 cm³/mol. The molecule has 1 N–H and O–H groups in total. The fourth-order valence-electron chi connectivity index (χ4n) is 3.92. The molecular weight excluding hydrogens is 369 g/mol. The highest BCUT2D eigenvalue weighted by atomic mass is 19.1. The molecule has 1 aliphatic heterocycles. The van der Waals surface area contributed by atoms with Crippen LogP contribution in [0.1, 0.15) is 51.7 Å². The Bertz CT molecular complexity index is 963. The lowest BCUT2D eigenvalue weighted by atomic mass is 9.85. The van der Waals surface area contributed by atoms with Gasteiger partial charge in [0.05, 0.1) is 12.6 Å². The van der Waals surface area contributed by atoms with E-state index in [4.69, 9.17) is 9.47 Å². The van der Waals surface area contributed by atoms with Crippen molar-refractivity contribution < 1.29 is 18.7 Å². The molecule has 154 valence electrons. The van der Waals surface area contributed by atoms with E-state index in [0.29, 0.717) is 12.2 Å². The third-order valence-electron chi connectivity index (χ3n) is 5.03. The maximum Gasteiger partial charge on any atom is 0.306 e. The molecule has 0 aromatic heterocycles. The summed E-state index contributed by atoms with van der Waals surface area (Å²) >= 11 is 0. The Balaban J connectivity index is 2.17. The lowest BCUT2D eigenvalue weighted by molar-refractivity contribution is -0.144. The molecule has 0 saturated heterocycles. The first-order valence-electron chi connectivity index (χ1n) is 9.89. The molecule has 0 unspecified atom stereocenters. The van der Waals surface area contributed by atoms with Crippen molar-refractivity contribution >= 4 is 17.2 Å². The Morgan fingerprint density at radius 1 is 1.17 bits per heavy atom. The summed E-state index contributed by atoms with van der Waals surface area (Å²) in [6.45, 7) is 8.36. The molecule has 0 radical (unpaired) electrons. The van der Waals surface area contributed by atoms with Gasteiger partial charge in [-0.25, -0.2) is 4.39 Å². The zero-order valence-electron chi connectivity index (χ0n) is 17.7. The Labute approximate surface area is 171 Å². The number of ether oxygens (including phenoxy) is 2. The molecule has 0 atom stereocenters. The molecule has 5 heteroatoms. The zero-order chi connectivity index (χ0) is 21.2. The molecule has 1 heterocycles. The highest BCUT2D eigenvalue weighted by Crippen LogP contribution is 2.42. The molecule has 0 aliphatic carbocycles. The minimum Gasteiger partial charge on any atom is -0.496 e. The SMILES string of the molecule is CCCC(=O)OCc1c(-c2ccc(F)cc2OC)ccc2c1C(C)=CC(C)(C)N2. The third-order valence-corrected chi connectivity index (χ3v) is 5.03. The maximum atomic E-state index is 13.7. The summed E-state index contributed by atoms with van der Waals surface area (Å²) in [5.74, 6) is -0.149. The average Bonchev–Trinajstić information content (AvgIpc) is 2.65. The van der Waals surface area contributed by atoms with Gasteiger partial charge in [-0.15, -0.1) is 0 Å². The fraction of sp³-hybridized carbons (Fsp3) is 0.375. The number of fused-ring (bicyclic) bond motifs is 1. The number of hydrogen-bond acceptors (Lipinski definition) is 4. The minimum atomic E-state index is -0.362. The minimum absolute atomic E-state index is 0.144. The van der Waals surface area contributed by atoms with E-state index in [-0.39, 0.29) is 23.9 Å². The first-order valence-corrected chi connectivity index (χ1v) is 9.89. The lowest BCUT2D eigenvalue weighted by Gasteiger charge is -2.33. The quantitative estimate of drug-likeness (QED) is 0.612. The Morgan fingerprint density at radius 3 is 2.59 bits per heavy atom. The standard InChI is InChI=1S/C24H28FNO3/c1-6-7-22(27)29-14-19-17(18-9-8-16(25)12-21(18)28-5)10-11-20-23(19)15(2)13-24(3,4)26-20/h8-13,26H,6-7,14H2,1-5H3. The number of rotatable bonds is 6. The number of carbonyl (C=O) groups excluding carboxylic acids is 1. The molecule has 2 aromatic carbocycles. The van der Waals surface area contributed by atoms with E-state index in [2.05, 4.69) is 32.2 Å². The predicted octanol–water partition coefficient (Wildman–Crippen LogP) is 5.95. The van der Waals surface area contributed by atoms with Crippen LogP contribution in [0.3, 0.4) is 0 Å². The highest BCUT2D eigenvalue weighted by Gasteiger charge is 2.27. The number of carbonyl (C=O) groups is 1. The average molecular weight is 397 g/mol. The third kappa shape index (κ3) is 4.44. The molecule has 1 aliphatic rings. The molecule has 0 saturated carbocycles. The van der Waals surface area contributed by atoms with Crippen LogP contribution in [-0.2, 0) is 16.1 Å². The van der Waals surface area contributed by atoms with Crippen molar-refractivity contribution in [2.75, 3.05) is 12.4 Å². The van der Waals surface area contributed by atoms with Gasteiger partial charge in [0.25, 0.3) is 0 Å². The van der Waals surface area contributed by atoms with E-state index in [1.54, 1.807) is 6.07 Å². The Hall–Kier alpha value is -2.82. The van der Waals surface area contributed by atoms with Crippen LogP contribution < -0.4 is 10.1 Å². The van der Waals surface area contributed by atoms with Crippen molar-refractivity contribution in [1.82, 2.24) is 0 Å². The zero-order valence-corrected chi connectivity index (χ0v) is 17.7. The number of nitrogens with one attached hydrogen (secondary N) is 1. The van der Waals surface area contributed by atoms with Gasteiger partial charge in [0.15, 0.2) is 0 Å². The molecule has 0 bridgehead atoms. The topological polar surface area (TPSA) is 47.6 Å². The van der Waals surface area contributed by atoms with Crippen molar-refractivity contribution in [3.05, 3.63) is 53.4 Å². The fourth-order valence-corrected chi connectivity index (χ4v) is 3.92. The van der Waals surface area contributed by atoms with Crippen molar-refractivity contribution in [2.24, 2.45) is 0 Å². The van der Waals surface area contributed by atoms with Crippen LogP contribution in [-0.4, -0.2) is 18.6 Å². The number of hydrogen-bond donors (Lipinski definition) is 1. The van der Waals surface area contributed by atoms with E-state index in [1.807, 2.05) is 19.1 Å². The van der Waals surface area contributed by atoms with Crippen LogP contribution in [0, 0.1) is 5.82 Å². The van der Waals surface area contributed by atoms with Crippen molar-refractivity contribution in [3.8, 4) is 16.9 Å². The van der Waals surface area contributed by atoms with Crippen LogP contribution in [0.4, 0.5) is 10.1 Å². The number of anilines is 1. The van der Waals surface area contributed by atoms with Gasteiger partial charge in [-0.3, -0.25) is 4.79 Å². The monoisotopic (exact) mass is 397 g/mol. The van der Waals surface area contributed by atoms with E-state index < -0.39 is 0 Å². The molecule has 4 nitrogen and oxygen atoms in total. The molecule has 3 rings (SSSR count). The van der Waals surface area contributed by atoms with Crippen LogP contribution in [0.2, 0.25) is 0 Å². The van der Waals surface area contributed by atoms with Gasteiger partial charge in [0.2, 0.25) is 0 Å². The summed E-state index contributed by atoms with van der Waals surface area (Å²) in [5.41, 5.74) is 5.43. The van der Waals surface area contributed by atoms with Crippen LogP contribution in [0.15, 0.2) is 36.4 Å². The summed E-state index contributed by atoms with van der Waals surface area (Å²) in [7, 11) is 1.52. The van der Waals surface area contributed by atoms with Crippen molar-refractivity contribution in [3.63, 3.8) is 0 Å². The largest absolute Gasteiger partial charge is 0.496 e. The summed E-state index contributed by atoms with van der Waals surface area (Å²) in [6.07, 6.45) is 3.28. The molecular formula is C24H28FNO3. The van der Waals surface area contributed by atoms with Gasteiger partial charge in [-0.1, -0.05) is 19.1 Å². The van der Waals surface area contributed by atoms with Gasteiger partial charge in [-0.2, -0.15) is 0 Å². The van der Waals surface area contributed by atoms with Gasteiger partial charge >= 0.3 is 5.97 Å². The number of esters is 1. The Morgan fingerprint density at radius 2 is 1.90 bits per heavy atom. The smallest absolute Gasteiger partial charge is 0.306 e. The number of methoxy groups -OCH3 is 1. The van der Waals surface area contributed by atoms with E-state index in [0.717, 1.165) is 39.9 Å². The van der Waals surface area contributed by atoms with Crippen molar-refractivity contribution in [2.45, 2.75) is 52.7 Å². The van der Waals surface area contributed by atoms with Crippen LogP contribution in [0.5, 0.6) is 5.75 Å². The van der Waals surface area contributed by atoms with Gasteiger partial charge in [0, 0.05) is 34.9 Å². The summed E-state index contributed by atoms with van der Waals surface area (Å²) in [4.78, 5) is 12.1. The summed E-state index contributed by atoms with van der Waals surface area (Å²) < 4.78 is 24.8. The van der Waals surface area contributed by atoms with Crippen molar-refractivity contribution in [1.29, 1.82) is 0 Å². The molecule has 2 aromatic rings. The van der Waals surface area contributed by atoms with Gasteiger partial charge in [0.1, 0.15) is 18.2 Å². The second kappa shape index (κ2) is 8.27. The molecule has 0 amide bonds. The molecule has 0 spiro atoms. The first kappa shape index (κ1) is 20.9. The first-order chi connectivity index (χ1) is 13.8. The number of halogens is 1. The van der Waals surface area contributed by atoms with E-state index in [9.17, 15) is 9.18 Å². The summed E-state index contributed by atoms with van der Waals surface area (Å²) in [6, 6.07) is 8.47. The van der Waals surface area contributed by atoms with Gasteiger partial charge in [-0.05, 0) is 56.5 Å². The maximum absolute atomic E-state index is 13.7. The lowest BCUT2D eigenvalue weighted by Crippen LogP contribution is -2.32. The second-order valence-corrected chi connectivity index (χ2v) is 7.94. The Kier molecular flexibility index (Phi) is 5.96. The highest BCUT2D eigenvalue weighted by molar-refractivity contribution is 5.88. The summed E-state index contributed by atoms with van der Waals surface area (Å²) in [5, 5.41) is 3.53.